The third-order valence-corrected chi connectivity index (χ3v) is 6.03. The molecule has 0 saturated carbocycles. The van der Waals surface area contributed by atoms with Crippen molar-refractivity contribution in [3.63, 3.8) is 0 Å². The minimum absolute atomic E-state index is 0.167. The first-order valence-electron chi connectivity index (χ1n) is 10.00. The lowest BCUT2D eigenvalue weighted by atomic mass is 10.2. The zero-order valence-electron chi connectivity index (χ0n) is 17.9. The van der Waals surface area contributed by atoms with Crippen molar-refractivity contribution in [2.45, 2.75) is 23.8 Å². The lowest BCUT2D eigenvalue weighted by Crippen LogP contribution is -2.25. The molecule has 0 bridgehead atoms. The molecular formula is C23H23N3O5S. The molecule has 4 rings (SSSR count). The first kappa shape index (κ1) is 21.6. The molecule has 1 atom stereocenters. The van der Waals surface area contributed by atoms with E-state index in [4.69, 9.17) is 18.3 Å². The highest BCUT2D eigenvalue weighted by Crippen LogP contribution is 2.35. The van der Waals surface area contributed by atoms with Crippen molar-refractivity contribution in [2.24, 2.45) is 0 Å². The number of nitrogens with zero attached hydrogens (tertiary/aromatic N) is 1. The molecule has 2 N–H and O–H groups in total. The van der Waals surface area contributed by atoms with Gasteiger partial charge in [0, 0.05) is 6.07 Å². The third-order valence-electron chi connectivity index (χ3n) is 4.79. The standard InChI is InChI=1S/C23H23N3O5S/c1-4-19(22(27)24-15-13-14(28-2)9-10-16(15)29-3)32-23-25-20(17-7-5-11-30-17)21(26-23)18-8-6-12-31-18/h5-13,19H,4H2,1-3H3,(H,24,27)(H,25,26). The van der Waals surface area contributed by atoms with E-state index in [9.17, 15) is 4.79 Å². The van der Waals surface area contributed by atoms with Gasteiger partial charge in [-0.2, -0.15) is 0 Å². The number of methoxy groups -OCH3 is 2. The summed E-state index contributed by atoms with van der Waals surface area (Å²) in [7, 11) is 3.13. The van der Waals surface area contributed by atoms with Crippen molar-refractivity contribution in [1.29, 1.82) is 0 Å². The number of anilines is 1. The largest absolute Gasteiger partial charge is 0.497 e. The van der Waals surface area contributed by atoms with Crippen LogP contribution in [0.4, 0.5) is 5.69 Å². The smallest absolute Gasteiger partial charge is 0.238 e. The Morgan fingerprint density at radius 3 is 2.50 bits per heavy atom. The van der Waals surface area contributed by atoms with E-state index in [1.807, 2.05) is 19.1 Å². The summed E-state index contributed by atoms with van der Waals surface area (Å²) in [6.45, 7) is 1.95. The molecule has 0 radical (unpaired) electrons. The Morgan fingerprint density at radius 2 is 1.88 bits per heavy atom. The van der Waals surface area contributed by atoms with Crippen molar-refractivity contribution < 1.29 is 23.1 Å². The van der Waals surface area contributed by atoms with Gasteiger partial charge in [-0.1, -0.05) is 18.7 Å². The summed E-state index contributed by atoms with van der Waals surface area (Å²) in [4.78, 5) is 21.0. The second-order valence-corrected chi connectivity index (χ2v) is 7.98. The topological polar surface area (TPSA) is 103 Å². The predicted octanol–water partition coefficient (Wildman–Crippen LogP) is 5.46. The van der Waals surface area contributed by atoms with Gasteiger partial charge in [0.1, 0.15) is 22.9 Å². The van der Waals surface area contributed by atoms with Gasteiger partial charge in [0.05, 0.1) is 37.7 Å². The minimum Gasteiger partial charge on any atom is -0.497 e. The maximum absolute atomic E-state index is 13.1. The average Bonchev–Trinajstić information content (AvgIpc) is 3.58. The van der Waals surface area contributed by atoms with E-state index < -0.39 is 5.25 Å². The highest BCUT2D eigenvalue weighted by molar-refractivity contribution is 8.00. The molecule has 4 aromatic rings. The first-order valence-corrected chi connectivity index (χ1v) is 10.9. The highest BCUT2D eigenvalue weighted by atomic mass is 32.2. The van der Waals surface area contributed by atoms with E-state index in [0.29, 0.717) is 51.7 Å². The lowest BCUT2D eigenvalue weighted by Gasteiger charge is -2.16. The number of rotatable bonds is 9. The van der Waals surface area contributed by atoms with E-state index in [1.54, 1.807) is 57.1 Å². The first-order chi connectivity index (χ1) is 15.6. The van der Waals surface area contributed by atoms with Gasteiger partial charge in [-0.3, -0.25) is 4.79 Å². The number of aromatic amines is 1. The second-order valence-electron chi connectivity index (χ2n) is 6.79. The molecule has 0 aliphatic heterocycles. The quantitative estimate of drug-likeness (QED) is 0.325. The zero-order chi connectivity index (χ0) is 22.5. The Balaban J connectivity index is 1.58. The number of furan rings is 2. The fourth-order valence-electron chi connectivity index (χ4n) is 3.18. The fourth-order valence-corrected chi connectivity index (χ4v) is 4.09. The molecule has 3 aromatic heterocycles. The molecular weight excluding hydrogens is 430 g/mol. The van der Waals surface area contributed by atoms with Crippen molar-refractivity contribution in [3.05, 3.63) is 55.0 Å². The number of amides is 1. The van der Waals surface area contributed by atoms with Gasteiger partial charge < -0.3 is 28.6 Å². The number of aromatic nitrogens is 2. The summed E-state index contributed by atoms with van der Waals surface area (Å²) in [5.74, 6) is 2.25. The molecule has 32 heavy (non-hydrogen) atoms. The van der Waals surface area contributed by atoms with Gasteiger partial charge in [0.25, 0.3) is 0 Å². The van der Waals surface area contributed by atoms with Crippen LogP contribution >= 0.6 is 11.8 Å². The van der Waals surface area contributed by atoms with Crippen molar-refractivity contribution in [1.82, 2.24) is 9.97 Å². The van der Waals surface area contributed by atoms with E-state index in [2.05, 4.69) is 15.3 Å². The molecule has 3 heterocycles. The fraction of sp³-hybridized carbons (Fsp3) is 0.217. The number of ether oxygens (including phenoxy) is 2. The van der Waals surface area contributed by atoms with Crippen LogP contribution in [0.15, 0.2) is 69.0 Å². The van der Waals surface area contributed by atoms with Gasteiger partial charge in [-0.05, 0) is 42.8 Å². The number of H-pyrrole nitrogens is 1. The summed E-state index contributed by atoms with van der Waals surface area (Å²) < 4.78 is 21.7. The molecule has 9 heteroatoms. The van der Waals surface area contributed by atoms with Gasteiger partial charge in [-0.25, -0.2) is 4.98 Å². The van der Waals surface area contributed by atoms with Crippen molar-refractivity contribution in [2.75, 3.05) is 19.5 Å². The summed E-state index contributed by atoms with van der Waals surface area (Å²) in [6.07, 6.45) is 3.78. The SMILES string of the molecule is CCC(Sc1nc(-c2ccco2)c(-c2ccco2)[nH]1)C(=O)Nc1cc(OC)ccc1OC. The summed E-state index contributed by atoms with van der Waals surface area (Å²) in [5.41, 5.74) is 1.86. The number of hydrogen-bond donors (Lipinski definition) is 2. The number of nitrogens with one attached hydrogen (secondary N) is 2. The van der Waals surface area contributed by atoms with Crippen LogP contribution in [-0.4, -0.2) is 35.3 Å². The average molecular weight is 454 g/mol. The van der Waals surface area contributed by atoms with Crippen LogP contribution in [0.25, 0.3) is 22.9 Å². The Hall–Kier alpha value is -3.59. The van der Waals surface area contributed by atoms with Crippen LogP contribution in [0.2, 0.25) is 0 Å². The molecule has 0 saturated heterocycles. The lowest BCUT2D eigenvalue weighted by molar-refractivity contribution is -0.115. The summed E-state index contributed by atoms with van der Waals surface area (Å²) >= 11 is 1.33. The van der Waals surface area contributed by atoms with E-state index in [0.717, 1.165) is 0 Å². The molecule has 1 aromatic carbocycles. The Morgan fingerprint density at radius 1 is 1.12 bits per heavy atom. The van der Waals surface area contributed by atoms with Gasteiger partial charge in [0.2, 0.25) is 5.91 Å². The van der Waals surface area contributed by atoms with Crippen LogP contribution in [0.3, 0.4) is 0 Å². The molecule has 8 nitrogen and oxygen atoms in total. The summed E-state index contributed by atoms with van der Waals surface area (Å²) in [5, 5.41) is 3.13. The molecule has 0 fully saturated rings. The Bertz CT molecular complexity index is 1120. The Labute approximate surface area is 189 Å². The number of thioether (sulfide) groups is 1. The monoisotopic (exact) mass is 453 g/mol. The zero-order valence-corrected chi connectivity index (χ0v) is 18.7. The molecule has 0 aliphatic carbocycles. The van der Waals surface area contributed by atoms with E-state index in [-0.39, 0.29) is 5.91 Å². The van der Waals surface area contributed by atoms with Gasteiger partial charge in [0.15, 0.2) is 16.7 Å². The van der Waals surface area contributed by atoms with Gasteiger partial charge >= 0.3 is 0 Å². The van der Waals surface area contributed by atoms with Crippen LogP contribution in [-0.2, 0) is 4.79 Å². The van der Waals surface area contributed by atoms with Crippen molar-refractivity contribution in [3.8, 4) is 34.4 Å². The van der Waals surface area contributed by atoms with Crippen LogP contribution in [0.1, 0.15) is 13.3 Å². The molecule has 0 aliphatic rings. The van der Waals surface area contributed by atoms with E-state index in [1.165, 1.54) is 11.8 Å². The molecule has 166 valence electrons. The third kappa shape index (κ3) is 4.52. The predicted molar refractivity (Wildman–Crippen MR) is 122 cm³/mol. The van der Waals surface area contributed by atoms with Crippen LogP contribution in [0.5, 0.6) is 11.5 Å². The van der Waals surface area contributed by atoms with Gasteiger partial charge in [-0.15, -0.1) is 0 Å². The number of imidazole rings is 1. The van der Waals surface area contributed by atoms with Crippen molar-refractivity contribution >= 4 is 23.4 Å². The highest BCUT2D eigenvalue weighted by Gasteiger charge is 2.24. The Kier molecular flexibility index (Phi) is 6.55. The number of hydrogen-bond acceptors (Lipinski definition) is 7. The minimum atomic E-state index is -0.397. The van der Waals surface area contributed by atoms with Crippen LogP contribution in [0, 0.1) is 0 Å². The normalized spacial score (nSPS) is 11.8. The van der Waals surface area contributed by atoms with Crippen LogP contribution < -0.4 is 14.8 Å². The molecule has 1 amide bonds. The maximum atomic E-state index is 13.1. The molecule has 0 spiro atoms. The number of carbonyl (C=O) groups excluding carboxylic acids is 1. The summed E-state index contributed by atoms with van der Waals surface area (Å²) in [6, 6.07) is 12.5. The maximum Gasteiger partial charge on any atom is 0.238 e. The second kappa shape index (κ2) is 9.69. The number of benzene rings is 1. The number of carbonyl (C=O) groups is 1. The molecule has 1 unspecified atom stereocenters. The van der Waals surface area contributed by atoms with E-state index >= 15 is 0 Å².